The van der Waals surface area contributed by atoms with Crippen molar-refractivity contribution in [3.05, 3.63) is 22.7 Å². The molecule has 146 valence electrons. The van der Waals surface area contributed by atoms with E-state index in [1.807, 2.05) is 6.07 Å². The molecule has 0 amide bonds. The van der Waals surface area contributed by atoms with E-state index in [1.54, 1.807) is 6.07 Å². The minimum atomic E-state index is -0.388. The first-order chi connectivity index (χ1) is 12.9. The summed E-state index contributed by atoms with van der Waals surface area (Å²) in [6, 6.07) is 3.66. The molecule has 0 aromatic heterocycles. The second-order valence-corrected chi connectivity index (χ2v) is 10.1. The Balaban J connectivity index is 1.31. The van der Waals surface area contributed by atoms with Crippen LogP contribution in [0.1, 0.15) is 50.5 Å². The average molecular weight is 411 g/mol. The maximum atomic E-state index is 13.1. The van der Waals surface area contributed by atoms with Gasteiger partial charge in [-0.1, -0.05) is 11.6 Å². The zero-order valence-electron chi connectivity index (χ0n) is 15.3. The number of hydrogen-bond acceptors (Lipinski definition) is 4. The maximum Gasteiger partial charge on any atom is 0.312 e. The second-order valence-electron chi connectivity index (χ2n) is 8.92. The highest BCUT2D eigenvalue weighted by Crippen LogP contribution is 2.64. The molecule has 4 bridgehead atoms. The summed E-state index contributed by atoms with van der Waals surface area (Å²) < 4.78 is 17.2. The SMILES string of the molecule is O=C(OCc1cc(Cl)c2c(c1)OCCCO2)C12C[C@@H]3C[C@@H](CC(Cl)(C3)C1)C2. The number of rotatable bonds is 3. The number of carbonyl (C=O) groups is 1. The van der Waals surface area contributed by atoms with Crippen LogP contribution in [0.3, 0.4) is 0 Å². The molecule has 0 radical (unpaired) electrons. The van der Waals surface area contributed by atoms with Crippen LogP contribution < -0.4 is 9.47 Å². The average Bonchev–Trinajstić information content (AvgIpc) is 2.83. The van der Waals surface area contributed by atoms with Crippen LogP contribution in [0.25, 0.3) is 0 Å². The second kappa shape index (κ2) is 6.45. The van der Waals surface area contributed by atoms with Crippen molar-refractivity contribution in [2.24, 2.45) is 17.3 Å². The molecule has 1 aromatic carbocycles. The Kier molecular flexibility index (Phi) is 4.28. The van der Waals surface area contributed by atoms with Gasteiger partial charge in [-0.15, -0.1) is 11.6 Å². The van der Waals surface area contributed by atoms with Gasteiger partial charge in [0.1, 0.15) is 6.61 Å². The van der Waals surface area contributed by atoms with E-state index in [-0.39, 0.29) is 22.9 Å². The molecule has 4 fully saturated rings. The summed E-state index contributed by atoms with van der Waals surface area (Å²) in [4.78, 5) is 12.9. The fraction of sp³-hybridized carbons (Fsp3) is 0.667. The molecule has 0 N–H and O–H groups in total. The molecule has 6 heteroatoms. The Morgan fingerprint density at radius 2 is 1.89 bits per heavy atom. The van der Waals surface area contributed by atoms with Crippen LogP contribution in [0.4, 0.5) is 0 Å². The van der Waals surface area contributed by atoms with Crippen LogP contribution >= 0.6 is 23.2 Å². The number of ether oxygens (including phenoxy) is 3. The summed E-state index contributed by atoms with van der Waals surface area (Å²) in [5.74, 6) is 2.26. The third-order valence-corrected chi connectivity index (χ3v) is 7.38. The summed E-state index contributed by atoms with van der Waals surface area (Å²) >= 11 is 13.2. The van der Waals surface area contributed by atoms with Crippen LogP contribution in [-0.4, -0.2) is 24.1 Å². The molecule has 1 aliphatic heterocycles. The van der Waals surface area contributed by atoms with Crippen molar-refractivity contribution in [3.8, 4) is 11.5 Å². The van der Waals surface area contributed by atoms with Crippen molar-refractivity contribution in [3.63, 3.8) is 0 Å². The van der Waals surface area contributed by atoms with Gasteiger partial charge in [-0.25, -0.2) is 0 Å². The highest BCUT2D eigenvalue weighted by atomic mass is 35.5. The van der Waals surface area contributed by atoms with E-state index in [1.165, 1.54) is 6.42 Å². The molecular weight excluding hydrogens is 387 g/mol. The van der Waals surface area contributed by atoms with E-state index < -0.39 is 0 Å². The summed E-state index contributed by atoms with van der Waals surface area (Å²) in [6.45, 7) is 1.38. The van der Waals surface area contributed by atoms with Crippen LogP contribution in [0.15, 0.2) is 12.1 Å². The molecular formula is C21H24Cl2O4. The van der Waals surface area contributed by atoms with Crippen LogP contribution in [0, 0.1) is 17.3 Å². The number of hydrogen-bond donors (Lipinski definition) is 0. The number of benzene rings is 1. The largest absolute Gasteiger partial charge is 0.489 e. The zero-order chi connectivity index (χ0) is 18.6. The van der Waals surface area contributed by atoms with Gasteiger partial charge in [0, 0.05) is 11.3 Å². The lowest BCUT2D eigenvalue weighted by molar-refractivity contribution is -0.171. The standard InChI is InChI=1S/C21H24Cl2O4/c22-16-5-13(6-17-18(16)26-3-1-2-25-17)11-27-19(24)20-7-14-4-15(8-20)10-21(23,9-14)12-20/h5-6,14-15H,1-4,7-12H2/t14-,15+,20?,21?. The number of carbonyl (C=O) groups excluding carboxylic acids is 1. The van der Waals surface area contributed by atoms with Gasteiger partial charge in [-0.3, -0.25) is 4.79 Å². The fourth-order valence-electron chi connectivity index (χ4n) is 6.06. The van der Waals surface area contributed by atoms with Gasteiger partial charge in [0.15, 0.2) is 11.5 Å². The van der Waals surface area contributed by atoms with Crippen LogP contribution in [0.2, 0.25) is 5.02 Å². The molecule has 1 heterocycles. The molecule has 4 atom stereocenters. The predicted octanol–water partition coefficient (Wildman–Crippen LogP) is 5.12. The lowest BCUT2D eigenvalue weighted by Crippen LogP contribution is -2.56. The maximum absolute atomic E-state index is 13.1. The molecule has 0 saturated heterocycles. The first kappa shape index (κ1) is 17.9. The van der Waals surface area contributed by atoms with E-state index in [0.717, 1.165) is 44.1 Å². The van der Waals surface area contributed by atoms with Crippen LogP contribution in [0.5, 0.6) is 11.5 Å². The summed E-state index contributed by atoms with van der Waals surface area (Å²) in [6.07, 6.45) is 6.77. The van der Waals surface area contributed by atoms with Gasteiger partial charge in [0.2, 0.25) is 0 Å². The number of halogens is 2. The van der Waals surface area contributed by atoms with Crippen molar-refractivity contribution in [2.45, 2.75) is 56.4 Å². The third kappa shape index (κ3) is 3.19. The molecule has 0 spiro atoms. The molecule has 4 aliphatic carbocycles. The van der Waals surface area contributed by atoms with E-state index in [9.17, 15) is 4.79 Å². The van der Waals surface area contributed by atoms with Crippen molar-refractivity contribution in [1.82, 2.24) is 0 Å². The van der Waals surface area contributed by atoms with Crippen molar-refractivity contribution in [1.29, 1.82) is 0 Å². The number of fused-ring (bicyclic) bond motifs is 1. The first-order valence-corrected chi connectivity index (χ1v) is 10.6. The highest BCUT2D eigenvalue weighted by Gasteiger charge is 2.60. The zero-order valence-corrected chi connectivity index (χ0v) is 16.8. The summed E-state index contributed by atoms with van der Waals surface area (Å²) in [5, 5.41) is 0.495. The third-order valence-electron chi connectivity index (χ3n) is 6.65. The molecule has 4 nitrogen and oxygen atoms in total. The lowest BCUT2D eigenvalue weighted by atomic mass is 9.49. The van der Waals surface area contributed by atoms with Gasteiger partial charge in [0.25, 0.3) is 0 Å². The normalized spacial score (nSPS) is 36.4. The lowest BCUT2D eigenvalue weighted by Gasteiger charge is -2.58. The van der Waals surface area contributed by atoms with Crippen LogP contribution in [-0.2, 0) is 16.1 Å². The molecule has 5 aliphatic rings. The Morgan fingerprint density at radius 1 is 1.15 bits per heavy atom. The smallest absolute Gasteiger partial charge is 0.312 e. The molecule has 2 unspecified atom stereocenters. The van der Waals surface area contributed by atoms with E-state index in [0.29, 0.717) is 41.6 Å². The highest BCUT2D eigenvalue weighted by molar-refractivity contribution is 6.32. The number of alkyl halides is 1. The Morgan fingerprint density at radius 3 is 2.63 bits per heavy atom. The Bertz CT molecular complexity index is 764. The summed E-state index contributed by atoms with van der Waals surface area (Å²) in [5.41, 5.74) is 0.434. The number of esters is 1. The van der Waals surface area contributed by atoms with E-state index in [2.05, 4.69) is 0 Å². The molecule has 4 saturated carbocycles. The molecule has 6 rings (SSSR count). The summed E-state index contributed by atoms with van der Waals surface area (Å²) in [7, 11) is 0. The monoisotopic (exact) mass is 410 g/mol. The Labute approximate surface area is 169 Å². The van der Waals surface area contributed by atoms with E-state index >= 15 is 0 Å². The molecule has 27 heavy (non-hydrogen) atoms. The van der Waals surface area contributed by atoms with Gasteiger partial charge in [-0.05, 0) is 68.1 Å². The van der Waals surface area contributed by atoms with Gasteiger partial charge in [-0.2, -0.15) is 0 Å². The minimum absolute atomic E-state index is 0.0927. The fourth-order valence-corrected chi connectivity index (χ4v) is 7.04. The van der Waals surface area contributed by atoms with Crippen molar-refractivity contribution >= 4 is 29.2 Å². The topological polar surface area (TPSA) is 44.8 Å². The van der Waals surface area contributed by atoms with Crippen molar-refractivity contribution in [2.75, 3.05) is 13.2 Å². The van der Waals surface area contributed by atoms with E-state index in [4.69, 9.17) is 37.4 Å². The molecule has 1 aromatic rings. The van der Waals surface area contributed by atoms with Gasteiger partial charge >= 0.3 is 5.97 Å². The Hall–Kier alpha value is -1.13. The van der Waals surface area contributed by atoms with Crippen molar-refractivity contribution < 1.29 is 19.0 Å². The quantitative estimate of drug-likeness (QED) is 0.512. The predicted molar refractivity (Wildman–Crippen MR) is 103 cm³/mol. The minimum Gasteiger partial charge on any atom is -0.489 e. The van der Waals surface area contributed by atoms with Gasteiger partial charge < -0.3 is 14.2 Å². The van der Waals surface area contributed by atoms with Gasteiger partial charge in [0.05, 0.1) is 23.7 Å². The first-order valence-electron chi connectivity index (χ1n) is 9.89.